The van der Waals surface area contributed by atoms with Gasteiger partial charge in [0.1, 0.15) is 5.82 Å². The van der Waals surface area contributed by atoms with Gasteiger partial charge in [0.25, 0.3) is 0 Å². The maximum atomic E-state index is 13.4. The maximum absolute atomic E-state index is 13.4. The van der Waals surface area contributed by atoms with Gasteiger partial charge in [-0.05, 0) is 48.4 Å². The molecule has 3 heterocycles. The molecule has 2 aromatic heterocycles. The molecule has 0 spiro atoms. The zero-order valence-corrected chi connectivity index (χ0v) is 17.1. The second-order valence-electron chi connectivity index (χ2n) is 6.68. The summed E-state index contributed by atoms with van der Waals surface area (Å²) in [6, 6.07) is 5.38. The lowest BCUT2D eigenvalue weighted by molar-refractivity contribution is 0.247. The van der Waals surface area contributed by atoms with E-state index in [-0.39, 0.29) is 15.8 Å². The summed E-state index contributed by atoms with van der Waals surface area (Å²) in [6.45, 7) is 0.755. The molecule has 1 aliphatic heterocycles. The van der Waals surface area contributed by atoms with Crippen molar-refractivity contribution in [2.75, 3.05) is 13.1 Å². The van der Waals surface area contributed by atoms with Crippen LogP contribution in [0.5, 0.6) is 0 Å². The zero-order valence-electron chi connectivity index (χ0n) is 14.7. The molecule has 0 unspecified atom stereocenters. The lowest BCUT2D eigenvalue weighted by Gasteiger charge is -2.31. The van der Waals surface area contributed by atoms with Gasteiger partial charge in [0.2, 0.25) is 21.7 Å². The molecule has 0 radical (unpaired) electrons. The summed E-state index contributed by atoms with van der Waals surface area (Å²) in [4.78, 5) is 4.41. The van der Waals surface area contributed by atoms with E-state index in [9.17, 15) is 12.8 Å². The van der Waals surface area contributed by atoms with Crippen LogP contribution in [0.15, 0.2) is 44.4 Å². The minimum absolute atomic E-state index is 0.00270. The van der Waals surface area contributed by atoms with E-state index in [1.54, 1.807) is 11.3 Å². The van der Waals surface area contributed by atoms with E-state index >= 15 is 0 Å². The highest BCUT2D eigenvalue weighted by molar-refractivity contribution is 7.89. The molecule has 0 bridgehead atoms. The molecule has 4 rings (SSSR count). The molecule has 1 aliphatic rings. The van der Waals surface area contributed by atoms with Crippen LogP contribution in [0.2, 0.25) is 5.02 Å². The Kier molecular flexibility index (Phi) is 5.50. The smallest absolute Gasteiger partial charge is 0.243 e. The normalized spacial score (nSPS) is 18.4. The summed E-state index contributed by atoms with van der Waals surface area (Å²) < 4.78 is 45.9. The van der Waals surface area contributed by atoms with Crippen LogP contribution in [-0.2, 0) is 16.4 Å². The average molecular weight is 442 g/mol. The molecular formula is C18H17ClFN3O3S2. The van der Waals surface area contributed by atoms with Gasteiger partial charge in [-0.3, -0.25) is 0 Å². The van der Waals surface area contributed by atoms with Crippen molar-refractivity contribution in [3.05, 3.63) is 51.8 Å². The van der Waals surface area contributed by atoms with Gasteiger partial charge >= 0.3 is 0 Å². The third-order valence-electron chi connectivity index (χ3n) is 4.72. The van der Waals surface area contributed by atoms with Gasteiger partial charge in [0, 0.05) is 30.5 Å². The van der Waals surface area contributed by atoms with Gasteiger partial charge in [-0.15, -0.1) is 0 Å². The largest absolute Gasteiger partial charge is 0.339 e. The third-order valence-corrected chi connectivity index (χ3v) is 7.56. The number of hydrogen-bond donors (Lipinski definition) is 0. The van der Waals surface area contributed by atoms with Crippen molar-refractivity contribution < 1.29 is 17.3 Å². The molecule has 0 amide bonds. The molecule has 0 N–H and O–H groups in total. The summed E-state index contributed by atoms with van der Waals surface area (Å²) in [7, 11) is -3.74. The summed E-state index contributed by atoms with van der Waals surface area (Å²) in [5.41, 5.74) is 0.904. The molecule has 3 aromatic rings. The van der Waals surface area contributed by atoms with E-state index in [0.717, 1.165) is 30.5 Å². The highest BCUT2D eigenvalue weighted by atomic mass is 35.5. The SMILES string of the molecule is O=S(=O)(c1ccc(F)c(Cl)c1)N1CCC[C@H](Cc2nc(-c3ccsc3)no2)C1. The van der Waals surface area contributed by atoms with E-state index in [1.165, 1.54) is 10.4 Å². The number of piperidine rings is 1. The Hall–Kier alpha value is -1.81. The fourth-order valence-corrected chi connectivity index (χ4v) is 5.75. The van der Waals surface area contributed by atoms with Gasteiger partial charge in [-0.1, -0.05) is 16.8 Å². The van der Waals surface area contributed by atoms with Crippen molar-refractivity contribution in [2.45, 2.75) is 24.2 Å². The second-order valence-corrected chi connectivity index (χ2v) is 9.80. The van der Waals surface area contributed by atoms with E-state index < -0.39 is 15.8 Å². The van der Waals surface area contributed by atoms with Crippen molar-refractivity contribution in [3.63, 3.8) is 0 Å². The highest BCUT2D eigenvalue weighted by Gasteiger charge is 2.31. The molecule has 1 saturated heterocycles. The number of sulfonamides is 1. The summed E-state index contributed by atoms with van der Waals surface area (Å²) in [5.74, 6) is 0.456. The first-order valence-electron chi connectivity index (χ1n) is 8.74. The van der Waals surface area contributed by atoms with Crippen molar-refractivity contribution in [1.29, 1.82) is 0 Å². The first kappa shape index (κ1) is 19.5. The Morgan fingerprint density at radius 3 is 2.96 bits per heavy atom. The first-order valence-corrected chi connectivity index (χ1v) is 11.5. The van der Waals surface area contributed by atoms with Crippen LogP contribution in [0.1, 0.15) is 18.7 Å². The summed E-state index contributed by atoms with van der Waals surface area (Å²) >= 11 is 7.31. The van der Waals surface area contributed by atoms with Crippen LogP contribution < -0.4 is 0 Å². The van der Waals surface area contributed by atoms with Crippen LogP contribution >= 0.6 is 22.9 Å². The second kappa shape index (κ2) is 7.90. The molecule has 148 valence electrons. The fourth-order valence-electron chi connectivity index (χ4n) is 3.29. The van der Waals surface area contributed by atoms with Gasteiger partial charge in [0.05, 0.1) is 9.92 Å². The van der Waals surface area contributed by atoms with Crippen molar-refractivity contribution >= 4 is 33.0 Å². The lowest BCUT2D eigenvalue weighted by Crippen LogP contribution is -2.40. The van der Waals surface area contributed by atoms with Gasteiger partial charge < -0.3 is 4.52 Å². The number of aromatic nitrogens is 2. The molecule has 1 aromatic carbocycles. The number of benzene rings is 1. The average Bonchev–Trinajstić information content (AvgIpc) is 3.36. The molecule has 0 saturated carbocycles. The molecule has 6 nitrogen and oxygen atoms in total. The Bertz CT molecular complexity index is 1070. The van der Waals surface area contributed by atoms with Crippen LogP contribution in [-0.4, -0.2) is 36.0 Å². The Balaban J connectivity index is 1.47. The molecule has 28 heavy (non-hydrogen) atoms. The lowest BCUT2D eigenvalue weighted by atomic mass is 9.96. The van der Waals surface area contributed by atoms with Gasteiger partial charge in [-0.2, -0.15) is 20.6 Å². The van der Waals surface area contributed by atoms with Crippen LogP contribution in [0.25, 0.3) is 11.4 Å². The Labute approximate surface area is 171 Å². The monoisotopic (exact) mass is 441 g/mol. The van der Waals surface area contributed by atoms with E-state index in [2.05, 4.69) is 10.1 Å². The standard InChI is InChI=1S/C18H17ClFN3O3S2/c19-15-9-14(3-4-16(15)20)28(24,25)23-6-1-2-12(10-23)8-17-21-18(22-26-17)13-5-7-27-11-13/h3-5,7,9,11-12H,1-2,6,8,10H2/t12-/m1/s1. The predicted octanol–water partition coefficient (Wildman–Crippen LogP) is 4.23. The maximum Gasteiger partial charge on any atom is 0.243 e. The molecule has 1 fully saturated rings. The van der Waals surface area contributed by atoms with E-state index in [1.807, 2.05) is 16.8 Å². The van der Waals surface area contributed by atoms with Crippen LogP contribution in [0, 0.1) is 11.7 Å². The predicted molar refractivity (Wildman–Crippen MR) is 104 cm³/mol. The zero-order chi connectivity index (χ0) is 19.7. The highest BCUT2D eigenvalue weighted by Crippen LogP contribution is 2.28. The number of hydrogen-bond acceptors (Lipinski definition) is 6. The number of thiophene rings is 1. The quantitative estimate of drug-likeness (QED) is 0.592. The molecular weight excluding hydrogens is 425 g/mol. The van der Waals surface area contributed by atoms with E-state index in [0.29, 0.717) is 31.2 Å². The van der Waals surface area contributed by atoms with Crippen LogP contribution in [0.4, 0.5) is 4.39 Å². The topological polar surface area (TPSA) is 76.3 Å². The van der Waals surface area contributed by atoms with Crippen molar-refractivity contribution in [1.82, 2.24) is 14.4 Å². The number of nitrogens with zero attached hydrogens (tertiary/aromatic N) is 3. The Morgan fingerprint density at radius 1 is 1.36 bits per heavy atom. The van der Waals surface area contributed by atoms with Gasteiger partial charge in [0.15, 0.2) is 0 Å². The molecule has 1 atom stereocenters. The Morgan fingerprint density at radius 2 is 2.21 bits per heavy atom. The van der Waals surface area contributed by atoms with Crippen molar-refractivity contribution in [2.24, 2.45) is 5.92 Å². The molecule has 0 aliphatic carbocycles. The fraction of sp³-hybridized carbons (Fsp3) is 0.333. The minimum Gasteiger partial charge on any atom is -0.339 e. The minimum atomic E-state index is -3.74. The molecule has 10 heteroatoms. The third kappa shape index (κ3) is 3.98. The number of rotatable bonds is 5. The first-order chi connectivity index (χ1) is 13.4. The van der Waals surface area contributed by atoms with Crippen molar-refractivity contribution in [3.8, 4) is 11.4 Å². The summed E-state index contributed by atoms with van der Waals surface area (Å²) in [6.07, 6.45) is 2.10. The number of halogens is 2. The van der Waals surface area contributed by atoms with Crippen LogP contribution in [0.3, 0.4) is 0 Å². The van der Waals surface area contributed by atoms with Gasteiger partial charge in [-0.25, -0.2) is 12.8 Å². The van der Waals surface area contributed by atoms with E-state index in [4.69, 9.17) is 16.1 Å². The summed E-state index contributed by atoms with van der Waals surface area (Å²) in [5, 5.41) is 7.67.